The number of halogens is 1. The van der Waals surface area contributed by atoms with E-state index in [0.29, 0.717) is 24.6 Å². The van der Waals surface area contributed by atoms with Gasteiger partial charge < -0.3 is 9.64 Å². The van der Waals surface area contributed by atoms with E-state index < -0.39 is 0 Å². The number of hydrogen-bond acceptors (Lipinski definition) is 7. The number of nitrogens with one attached hydrogen (secondary N) is 2. The van der Waals surface area contributed by atoms with Crippen LogP contribution in [0, 0.1) is 5.92 Å². The first-order valence-electron chi connectivity index (χ1n) is 11.2. The van der Waals surface area contributed by atoms with Crippen LogP contribution in [0.1, 0.15) is 50.8 Å². The van der Waals surface area contributed by atoms with Crippen LogP contribution in [0.15, 0.2) is 12.4 Å². The lowest BCUT2D eigenvalue weighted by Gasteiger charge is -2.36. The summed E-state index contributed by atoms with van der Waals surface area (Å²) in [6.45, 7) is 6.03. The third-order valence-corrected chi connectivity index (χ3v) is 7.20. The van der Waals surface area contributed by atoms with Gasteiger partial charge in [0.2, 0.25) is 0 Å². The van der Waals surface area contributed by atoms with E-state index in [9.17, 15) is 4.39 Å². The second-order valence-corrected chi connectivity index (χ2v) is 9.36. The smallest absolute Gasteiger partial charge is 0.132 e. The molecule has 0 radical (unpaired) electrons. The summed E-state index contributed by atoms with van der Waals surface area (Å²) in [5.41, 5.74) is 8.20. The van der Waals surface area contributed by atoms with Crippen LogP contribution in [0.2, 0.25) is 0 Å². The van der Waals surface area contributed by atoms with Gasteiger partial charge in [-0.3, -0.25) is 10.3 Å². The van der Waals surface area contributed by atoms with E-state index in [1.807, 2.05) is 0 Å². The maximum Gasteiger partial charge on any atom is 0.132 e. The van der Waals surface area contributed by atoms with Crippen molar-refractivity contribution in [1.82, 2.24) is 25.7 Å². The molecule has 1 aromatic rings. The van der Waals surface area contributed by atoms with Crippen molar-refractivity contribution in [1.29, 1.82) is 0 Å². The summed E-state index contributed by atoms with van der Waals surface area (Å²) in [4.78, 5) is 13.6. The molecule has 2 aliphatic carbocycles. The zero-order valence-electron chi connectivity index (χ0n) is 17.3. The van der Waals surface area contributed by atoms with Crippen LogP contribution in [0.3, 0.4) is 0 Å². The van der Waals surface area contributed by atoms with E-state index in [2.05, 4.69) is 43.6 Å². The Balaban J connectivity index is 1.25. The highest BCUT2D eigenvalue weighted by atomic mass is 19.1. The Bertz CT molecular complexity index is 708. The fraction of sp³-hybridized carbons (Fsp3) is 0.810. The number of piperazine rings is 1. The summed E-state index contributed by atoms with van der Waals surface area (Å²) in [5.74, 6) is 1.47. The molecule has 7 nitrogen and oxygen atoms in total. The van der Waals surface area contributed by atoms with E-state index in [4.69, 9.17) is 4.74 Å². The zero-order valence-corrected chi connectivity index (χ0v) is 17.3. The third-order valence-electron chi connectivity index (χ3n) is 7.20. The Kier molecular flexibility index (Phi) is 5.45. The predicted molar refractivity (Wildman–Crippen MR) is 109 cm³/mol. The molecule has 4 unspecified atom stereocenters. The molecular weight excluding hydrogens is 371 g/mol. The van der Waals surface area contributed by atoms with Gasteiger partial charge in [0.1, 0.15) is 18.8 Å². The highest BCUT2D eigenvalue weighted by molar-refractivity contribution is 5.40. The molecule has 29 heavy (non-hydrogen) atoms. The summed E-state index contributed by atoms with van der Waals surface area (Å²) >= 11 is 0. The standard InChI is InChI=1S/C21H33FN6O/c1-21(4-5-21)29-15-2-3-17-16(12-15)20(26-25-17)18-13-19(24-14-23-18)28-10-8-27(7-6-22)9-11-28/h13-17,20,25-26H,2-12H2,1H3. The highest BCUT2D eigenvalue weighted by Gasteiger charge is 2.46. The summed E-state index contributed by atoms with van der Waals surface area (Å²) in [5, 5.41) is 0. The molecule has 0 aromatic carbocycles. The van der Waals surface area contributed by atoms with Crippen molar-refractivity contribution in [2.75, 3.05) is 44.3 Å². The van der Waals surface area contributed by atoms with Crippen LogP contribution in [0.4, 0.5) is 10.2 Å². The monoisotopic (exact) mass is 404 g/mol. The quantitative estimate of drug-likeness (QED) is 0.750. The lowest BCUT2D eigenvalue weighted by atomic mass is 9.79. The molecule has 2 N–H and O–H groups in total. The molecule has 0 spiro atoms. The van der Waals surface area contributed by atoms with Crippen LogP contribution in [-0.2, 0) is 4.74 Å². The Morgan fingerprint density at radius 2 is 2.00 bits per heavy atom. The van der Waals surface area contributed by atoms with Gasteiger partial charge in [-0.1, -0.05) is 0 Å². The summed E-state index contributed by atoms with van der Waals surface area (Å²) < 4.78 is 19.0. The largest absolute Gasteiger partial charge is 0.372 e. The molecule has 2 saturated heterocycles. The SMILES string of the molecule is CC1(OC2CCC3NNC(c4cc(N5CCN(CCF)CC5)ncn4)C3C2)CC1. The Morgan fingerprint density at radius 3 is 2.76 bits per heavy atom. The van der Waals surface area contributed by atoms with Crippen LogP contribution in [0.5, 0.6) is 0 Å². The number of fused-ring (bicyclic) bond motifs is 1. The normalized spacial score (nSPS) is 34.2. The molecule has 2 aliphatic heterocycles. The number of hydrazine groups is 1. The van der Waals surface area contributed by atoms with E-state index in [1.54, 1.807) is 6.33 Å². The molecule has 2 saturated carbocycles. The maximum atomic E-state index is 12.6. The minimum Gasteiger partial charge on any atom is -0.372 e. The molecule has 1 aromatic heterocycles. The van der Waals surface area contributed by atoms with Gasteiger partial charge in [0.05, 0.1) is 23.4 Å². The van der Waals surface area contributed by atoms with E-state index in [0.717, 1.165) is 57.0 Å². The van der Waals surface area contributed by atoms with E-state index in [1.165, 1.54) is 12.8 Å². The molecule has 160 valence electrons. The van der Waals surface area contributed by atoms with Gasteiger partial charge in [-0.2, -0.15) is 0 Å². The Morgan fingerprint density at radius 1 is 1.17 bits per heavy atom. The van der Waals surface area contributed by atoms with Crippen molar-refractivity contribution in [2.45, 2.75) is 62.8 Å². The number of ether oxygens (including phenoxy) is 1. The number of hydrogen-bond donors (Lipinski definition) is 2. The molecule has 0 bridgehead atoms. The first-order valence-corrected chi connectivity index (χ1v) is 11.2. The Labute approximate surface area is 172 Å². The van der Waals surface area contributed by atoms with Gasteiger partial charge in [-0.05, 0) is 39.0 Å². The minimum atomic E-state index is -0.273. The molecule has 8 heteroatoms. The number of rotatable bonds is 6. The van der Waals surface area contributed by atoms with Crippen molar-refractivity contribution in [3.8, 4) is 0 Å². The van der Waals surface area contributed by atoms with Crippen LogP contribution in [-0.4, -0.2) is 72.0 Å². The fourth-order valence-corrected chi connectivity index (χ4v) is 5.14. The number of aromatic nitrogens is 2. The molecule has 4 atom stereocenters. The molecule has 3 heterocycles. The lowest BCUT2D eigenvalue weighted by Crippen LogP contribution is -2.47. The van der Waals surface area contributed by atoms with Crippen LogP contribution < -0.4 is 15.8 Å². The second kappa shape index (κ2) is 8.06. The van der Waals surface area contributed by atoms with E-state index in [-0.39, 0.29) is 18.3 Å². The number of nitrogens with zero attached hydrogens (tertiary/aromatic N) is 4. The molecular formula is C21H33FN6O. The number of alkyl halides is 1. The average molecular weight is 405 g/mol. The molecule has 0 amide bonds. The molecule has 4 aliphatic rings. The van der Waals surface area contributed by atoms with Gasteiger partial charge in [0.25, 0.3) is 0 Å². The van der Waals surface area contributed by atoms with Crippen molar-refractivity contribution in [2.24, 2.45) is 5.92 Å². The van der Waals surface area contributed by atoms with Gasteiger partial charge in [-0.15, -0.1) is 0 Å². The second-order valence-electron chi connectivity index (χ2n) is 9.36. The summed E-state index contributed by atoms with van der Waals surface area (Å²) in [7, 11) is 0. The van der Waals surface area contributed by atoms with Crippen LogP contribution >= 0.6 is 0 Å². The van der Waals surface area contributed by atoms with Gasteiger partial charge in [0.15, 0.2) is 0 Å². The average Bonchev–Trinajstić information content (AvgIpc) is 3.31. The van der Waals surface area contributed by atoms with Gasteiger partial charge in [0, 0.05) is 50.7 Å². The topological polar surface area (TPSA) is 65.6 Å². The lowest BCUT2D eigenvalue weighted by molar-refractivity contribution is -0.0500. The molecule has 5 rings (SSSR count). The first-order chi connectivity index (χ1) is 14.1. The minimum absolute atomic E-state index is 0.138. The number of anilines is 1. The van der Waals surface area contributed by atoms with Crippen molar-refractivity contribution >= 4 is 5.82 Å². The van der Waals surface area contributed by atoms with E-state index >= 15 is 0 Å². The maximum absolute atomic E-state index is 12.6. The fourth-order valence-electron chi connectivity index (χ4n) is 5.14. The van der Waals surface area contributed by atoms with Gasteiger partial charge >= 0.3 is 0 Å². The predicted octanol–water partition coefficient (Wildman–Crippen LogP) is 1.82. The summed E-state index contributed by atoms with van der Waals surface area (Å²) in [6.07, 6.45) is 7.80. The first kappa shape index (κ1) is 19.6. The molecule has 4 fully saturated rings. The van der Waals surface area contributed by atoms with Gasteiger partial charge in [-0.25, -0.2) is 19.8 Å². The van der Waals surface area contributed by atoms with Crippen molar-refractivity contribution in [3.63, 3.8) is 0 Å². The van der Waals surface area contributed by atoms with Crippen LogP contribution in [0.25, 0.3) is 0 Å². The highest BCUT2D eigenvalue weighted by Crippen LogP contribution is 2.45. The summed E-state index contributed by atoms with van der Waals surface area (Å²) in [6, 6.07) is 2.81. The van der Waals surface area contributed by atoms with Crippen molar-refractivity contribution < 1.29 is 9.13 Å². The zero-order chi connectivity index (χ0) is 19.8. The third kappa shape index (κ3) is 4.26. The Hall–Kier alpha value is -1.35. The van der Waals surface area contributed by atoms with Crippen molar-refractivity contribution in [3.05, 3.63) is 18.1 Å².